The van der Waals surface area contributed by atoms with Gasteiger partial charge in [-0.2, -0.15) is 9.97 Å². The minimum atomic E-state index is -0.261. The van der Waals surface area contributed by atoms with Crippen molar-refractivity contribution in [3.05, 3.63) is 42.6 Å². The van der Waals surface area contributed by atoms with Crippen LogP contribution in [0, 0.1) is 6.92 Å². The molecule has 0 spiro atoms. The highest BCUT2D eigenvalue weighted by Crippen LogP contribution is 2.24. The molecule has 0 aliphatic carbocycles. The van der Waals surface area contributed by atoms with Crippen LogP contribution in [0.5, 0.6) is 0 Å². The van der Waals surface area contributed by atoms with E-state index in [2.05, 4.69) is 35.4 Å². The number of aryl methyl sites for hydroxylation is 1. The first kappa shape index (κ1) is 14.2. The van der Waals surface area contributed by atoms with Gasteiger partial charge < -0.3 is 14.3 Å². The lowest BCUT2D eigenvalue weighted by atomic mass is 10.2. The summed E-state index contributed by atoms with van der Waals surface area (Å²) in [5.74, 6) is 2.02. The number of hydrogen-bond donors (Lipinski definition) is 1. The lowest BCUT2D eigenvalue weighted by Crippen LogP contribution is -2.09. The summed E-state index contributed by atoms with van der Waals surface area (Å²) in [5.41, 5.74) is 1.83. The summed E-state index contributed by atoms with van der Waals surface area (Å²) in [5, 5.41) is 7.19. The molecular weight excluding hydrogens is 310 g/mol. The average molecular weight is 323 g/mol. The van der Waals surface area contributed by atoms with Crippen LogP contribution < -0.4 is 5.32 Å². The topological polar surface area (TPSA) is 116 Å². The van der Waals surface area contributed by atoms with Crippen LogP contribution in [0.2, 0.25) is 0 Å². The van der Waals surface area contributed by atoms with Crippen molar-refractivity contribution in [1.29, 1.82) is 0 Å². The maximum atomic E-state index is 5.40. The van der Waals surface area contributed by atoms with Gasteiger partial charge in [-0.3, -0.25) is 4.98 Å². The van der Waals surface area contributed by atoms with Crippen molar-refractivity contribution >= 4 is 17.0 Å². The Bertz CT molecular complexity index is 980. The molecule has 0 saturated carbocycles. The van der Waals surface area contributed by atoms with E-state index in [4.69, 9.17) is 8.94 Å². The summed E-state index contributed by atoms with van der Waals surface area (Å²) >= 11 is 0. The number of rotatable bonds is 4. The van der Waals surface area contributed by atoms with E-state index in [1.165, 1.54) is 6.33 Å². The number of fused-ring (bicyclic) bond motifs is 1. The summed E-state index contributed by atoms with van der Waals surface area (Å²) in [6, 6.07) is 3.38. The van der Waals surface area contributed by atoms with Crippen LogP contribution in [0.25, 0.3) is 22.6 Å². The maximum Gasteiger partial charge on any atom is 0.252 e. The summed E-state index contributed by atoms with van der Waals surface area (Å²) in [6.45, 7) is 3.65. The Morgan fingerprint density at radius 2 is 1.96 bits per heavy atom. The van der Waals surface area contributed by atoms with Crippen LogP contribution in [-0.4, -0.2) is 30.1 Å². The van der Waals surface area contributed by atoms with Crippen LogP contribution in [0.1, 0.15) is 24.7 Å². The average Bonchev–Trinajstić information content (AvgIpc) is 3.22. The highest BCUT2D eigenvalue weighted by atomic mass is 16.5. The first-order chi connectivity index (χ1) is 11.7. The molecule has 0 aromatic carbocycles. The fourth-order valence-corrected chi connectivity index (χ4v) is 2.26. The zero-order valence-electron chi connectivity index (χ0n) is 13.0. The molecule has 1 atom stereocenters. The molecule has 0 fully saturated rings. The molecule has 1 N–H and O–H groups in total. The summed E-state index contributed by atoms with van der Waals surface area (Å²) < 4.78 is 10.7. The van der Waals surface area contributed by atoms with Gasteiger partial charge in [0.05, 0.1) is 0 Å². The Balaban J connectivity index is 1.60. The molecule has 0 unspecified atom stereocenters. The third kappa shape index (κ3) is 2.56. The van der Waals surface area contributed by atoms with E-state index in [9.17, 15) is 0 Å². The van der Waals surface area contributed by atoms with E-state index in [0.717, 1.165) is 5.56 Å². The Morgan fingerprint density at radius 3 is 2.79 bits per heavy atom. The molecule has 0 bridgehead atoms. The van der Waals surface area contributed by atoms with Gasteiger partial charge in [-0.15, -0.1) is 0 Å². The van der Waals surface area contributed by atoms with E-state index in [-0.39, 0.29) is 6.04 Å². The molecule has 0 aliphatic heterocycles. The molecule has 4 aromatic rings. The van der Waals surface area contributed by atoms with Crippen molar-refractivity contribution in [2.45, 2.75) is 19.9 Å². The zero-order valence-corrected chi connectivity index (χ0v) is 13.0. The SMILES string of the molecule is Cc1nc2c(N[C@@H](C)c3nc(-c4ccncc4)no3)ncnc2o1. The minimum absolute atomic E-state index is 0.261. The summed E-state index contributed by atoms with van der Waals surface area (Å²) in [7, 11) is 0. The number of nitrogens with zero attached hydrogens (tertiary/aromatic N) is 6. The summed E-state index contributed by atoms with van der Waals surface area (Å²) in [4.78, 5) is 20.9. The molecule has 0 aliphatic rings. The van der Waals surface area contributed by atoms with E-state index < -0.39 is 0 Å². The van der Waals surface area contributed by atoms with Crippen LogP contribution in [0.4, 0.5) is 5.82 Å². The van der Waals surface area contributed by atoms with E-state index in [1.54, 1.807) is 19.3 Å². The lowest BCUT2D eigenvalue weighted by Gasteiger charge is -2.09. The van der Waals surface area contributed by atoms with Crippen molar-refractivity contribution in [1.82, 2.24) is 30.1 Å². The van der Waals surface area contributed by atoms with Gasteiger partial charge in [0.25, 0.3) is 5.71 Å². The predicted octanol–water partition coefficient (Wildman–Crippen LogP) is 2.54. The predicted molar refractivity (Wildman–Crippen MR) is 83.9 cm³/mol. The van der Waals surface area contributed by atoms with Crippen LogP contribution in [0.3, 0.4) is 0 Å². The first-order valence-corrected chi connectivity index (χ1v) is 7.29. The largest absolute Gasteiger partial charge is 0.422 e. The number of oxazole rings is 1. The molecule has 9 nitrogen and oxygen atoms in total. The number of pyridine rings is 1. The van der Waals surface area contributed by atoms with Gasteiger partial charge >= 0.3 is 0 Å². The zero-order chi connectivity index (χ0) is 16.5. The first-order valence-electron chi connectivity index (χ1n) is 7.29. The Kier molecular flexibility index (Phi) is 3.38. The second-order valence-electron chi connectivity index (χ2n) is 5.17. The van der Waals surface area contributed by atoms with Gasteiger partial charge in [0.2, 0.25) is 11.7 Å². The lowest BCUT2D eigenvalue weighted by molar-refractivity contribution is 0.368. The van der Waals surface area contributed by atoms with E-state index >= 15 is 0 Å². The molecule has 4 heterocycles. The van der Waals surface area contributed by atoms with Gasteiger partial charge in [0.1, 0.15) is 12.4 Å². The molecule has 4 aromatic heterocycles. The molecule has 4 rings (SSSR count). The van der Waals surface area contributed by atoms with Crippen molar-refractivity contribution in [3.63, 3.8) is 0 Å². The maximum absolute atomic E-state index is 5.40. The monoisotopic (exact) mass is 323 g/mol. The van der Waals surface area contributed by atoms with Crippen molar-refractivity contribution < 1.29 is 8.94 Å². The highest BCUT2D eigenvalue weighted by molar-refractivity contribution is 5.81. The molecule has 120 valence electrons. The minimum Gasteiger partial charge on any atom is -0.422 e. The number of hydrogen-bond acceptors (Lipinski definition) is 9. The van der Waals surface area contributed by atoms with Crippen molar-refractivity contribution in [3.8, 4) is 11.4 Å². The van der Waals surface area contributed by atoms with Crippen LogP contribution in [-0.2, 0) is 0 Å². The molecule has 0 amide bonds. The Hall–Kier alpha value is -3.36. The van der Waals surface area contributed by atoms with Gasteiger partial charge in [-0.25, -0.2) is 9.97 Å². The third-order valence-corrected chi connectivity index (χ3v) is 3.41. The van der Waals surface area contributed by atoms with Gasteiger partial charge in [0, 0.05) is 24.9 Å². The second kappa shape index (κ2) is 5.69. The van der Waals surface area contributed by atoms with Crippen molar-refractivity contribution in [2.24, 2.45) is 0 Å². The fraction of sp³-hybridized carbons (Fsp3) is 0.200. The van der Waals surface area contributed by atoms with Crippen LogP contribution in [0.15, 0.2) is 39.8 Å². The van der Waals surface area contributed by atoms with Gasteiger partial charge in [-0.1, -0.05) is 5.16 Å². The molecular formula is C15H13N7O2. The third-order valence-electron chi connectivity index (χ3n) is 3.41. The van der Waals surface area contributed by atoms with Gasteiger partial charge in [-0.05, 0) is 19.1 Å². The van der Waals surface area contributed by atoms with E-state index in [1.807, 2.05) is 19.1 Å². The van der Waals surface area contributed by atoms with Crippen molar-refractivity contribution in [2.75, 3.05) is 5.32 Å². The summed E-state index contributed by atoms with van der Waals surface area (Å²) in [6.07, 6.45) is 4.77. The Labute approximate surface area is 136 Å². The normalized spacial score (nSPS) is 12.4. The number of nitrogens with one attached hydrogen (secondary N) is 1. The quantitative estimate of drug-likeness (QED) is 0.604. The number of aromatic nitrogens is 6. The van der Waals surface area contributed by atoms with Gasteiger partial charge in [0.15, 0.2) is 17.2 Å². The van der Waals surface area contributed by atoms with Crippen LogP contribution >= 0.6 is 0 Å². The Morgan fingerprint density at radius 1 is 1.12 bits per heavy atom. The molecule has 24 heavy (non-hydrogen) atoms. The standard InChI is InChI=1S/C15H13N7O2/c1-8(14-21-12(22-24-14)10-3-5-16-6-4-10)19-13-11-15(18-7-17-13)23-9(2)20-11/h3-8H,1-2H3,(H,17,18,19)/t8-/m0/s1. The molecule has 0 saturated heterocycles. The molecule has 0 radical (unpaired) electrons. The number of anilines is 1. The molecule has 9 heteroatoms. The second-order valence-corrected chi connectivity index (χ2v) is 5.17. The van der Waals surface area contributed by atoms with E-state index in [0.29, 0.717) is 34.7 Å². The fourth-order valence-electron chi connectivity index (χ4n) is 2.26. The smallest absolute Gasteiger partial charge is 0.252 e. The highest BCUT2D eigenvalue weighted by Gasteiger charge is 2.18.